The van der Waals surface area contributed by atoms with Crippen LogP contribution in [0.25, 0.3) is 0 Å². The van der Waals surface area contributed by atoms with E-state index in [0.29, 0.717) is 10.8 Å². The molecule has 17 heavy (non-hydrogen) atoms. The second-order valence-corrected chi connectivity index (χ2v) is 5.01. The van der Waals surface area contributed by atoms with Gasteiger partial charge in [0.05, 0.1) is 5.69 Å². The van der Waals surface area contributed by atoms with Crippen LogP contribution in [0.2, 0.25) is 0 Å². The molecule has 1 aliphatic carbocycles. The highest BCUT2D eigenvalue weighted by Crippen LogP contribution is 2.39. The van der Waals surface area contributed by atoms with Gasteiger partial charge in [0.25, 0.3) is 0 Å². The van der Waals surface area contributed by atoms with Crippen molar-refractivity contribution in [3.63, 3.8) is 0 Å². The Kier molecular flexibility index (Phi) is 3.28. The van der Waals surface area contributed by atoms with Gasteiger partial charge in [-0.15, -0.1) is 0 Å². The van der Waals surface area contributed by atoms with Crippen molar-refractivity contribution in [3.8, 4) is 0 Å². The molecule has 1 saturated carbocycles. The van der Waals surface area contributed by atoms with Gasteiger partial charge in [-0.2, -0.15) is 4.99 Å². The first-order chi connectivity index (χ1) is 8.08. The van der Waals surface area contributed by atoms with Crippen molar-refractivity contribution >= 4 is 28.4 Å². The molecule has 7 heteroatoms. The quantitative estimate of drug-likeness (QED) is 0.557. The molecule has 0 radical (unpaired) electrons. The van der Waals surface area contributed by atoms with Gasteiger partial charge in [0.15, 0.2) is 5.96 Å². The fourth-order valence-corrected chi connectivity index (χ4v) is 2.99. The summed E-state index contributed by atoms with van der Waals surface area (Å²) in [5, 5.41) is 9.46. The zero-order valence-electron chi connectivity index (χ0n) is 9.22. The maximum absolute atomic E-state index is 11.1. The highest BCUT2D eigenvalue weighted by molar-refractivity contribution is 7.17. The van der Waals surface area contributed by atoms with Gasteiger partial charge in [-0.1, -0.05) is 24.2 Å². The lowest BCUT2D eigenvalue weighted by Gasteiger charge is -2.05. The van der Waals surface area contributed by atoms with Crippen molar-refractivity contribution < 1.29 is 9.90 Å². The number of nitrogens with zero attached hydrogens (tertiary/aromatic N) is 2. The summed E-state index contributed by atoms with van der Waals surface area (Å²) in [7, 11) is 0. The smallest absolute Gasteiger partial charge is 0.347 e. The fourth-order valence-electron chi connectivity index (χ4n) is 2.11. The van der Waals surface area contributed by atoms with Gasteiger partial charge in [0.1, 0.15) is 4.88 Å². The van der Waals surface area contributed by atoms with Crippen molar-refractivity contribution in [2.45, 2.75) is 31.6 Å². The standard InChI is InChI=1S/C10H14N4O2S/c11-9(12)14-10-13-6(5-3-1-2-4-5)7(17-10)8(15)16/h5H,1-4H2,(H,15,16)(H4,11,12,13,14). The van der Waals surface area contributed by atoms with Crippen molar-refractivity contribution in [2.75, 3.05) is 0 Å². The van der Waals surface area contributed by atoms with E-state index in [4.69, 9.17) is 16.6 Å². The maximum Gasteiger partial charge on any atom is 0.347 e. The minimum atomic E-state index is -0.957. The van der Waals surface area contributed by atoms with E-state index in [1.54, 1.807) is 0 Å². The average Bonchev–Trinajstić information content (AvgIpc) is 2.82. The molecule has 0 aromatic carbocycles. The highest BCUT2D eigenvalue weighted by atomic mass is 32.1. The van der Waals surface area contributed by atoms with Crippen molar-refractivity contribution in [1.82, 2.24) is 4.98 Å². The van der Waals surface area contributed by atoms with E-state index in [0.717, 1.165) is 37.0 Å². The van der Waals surface area contributed by atoms with E-state index in [-0.39, 0.29) is 16.8 Å². The van der Waals surface area contributed by atoms with Crippen LogP contribution in [0.3, 0.4) is 0 Å². The monoisotopic (exact) mass is 254 g/mol. The molecule has 2 rings (SSSR count). The van der Waals surface area contributed by atoms with Crippen LogP contribution in [0.4, 0.5) is 5.13 Å². The van der Waals surface area contributed by atoms with Crippen LogP contribution in [-0.2, 0) is 0 Å². The Morgan fingerprint density at radius 1 is 1.41 bits per heavy atom. The predicted octanol–water partition coefficient (Wildman–Crippen LogP) is 1.40. The SMILES string of the molecule is NC(N)=Nc1nc(C2CCCC2)c(C(=O)O)s1. The molecule has 5 N–H and O–H groups in total. The van der Waals surface area contributed by atoms with Crippen LogP contribution in [-0.4, -0.2) is 22.0 Å². The van der Waals surface area contributed by atoms with E-state index >= 15 is 0 Å². The summed E-state index contributed by atoms with van der Waals surface area (Å²) in [5.74, 6) is -0.824. The van der Waals surface area contributed by atoms with Gasteiger partial charge in [0.2, 0.25) is 5.13 Å². The van der Waals surface area contributed by atoms with E-state index in [1.165, 1.54) is 0 Å². The molecule has 1 aromatic rings. The van der Waals surface area contributed by atoms with Crippen molar-refractivity contribution in [2.24, 2.45) is 16.5 Å². The number of carboxylic acid groups (broad SMARTS) is 1. The molecular weight excluding hydrogens is 240 g/mol. The number of guanidine groups is 1. The Labute approximate surface area is 102 Å². The number of aliphatic imine (C=N–C) groups is 1. The molecule has 0 atom stereocenters. The van der Waals surface area contributed by atoms with Crippen molar-refractivity contribution in [3.05, 3.63) is 10.6 Å². The summed E-state index contributed by atoms with van der Waals surface area (Å²) in [5.41, 5.74) is 11.2. The van der Waals surface area contributed by atoms with Crippen LogP contribution in [0.15, 0.2) is 4.99 Å². The number of hydrogen-bond acceptors (Lipinski definition) is 4. The Hall–Kier alpha value is -1.63. The second kappa shape index (κ2) is 4.70. The third-order valence-corrected chi connectivity index (χ3v) is 3.76. The lowest BCUT2D eigenvalue weighted by molar-refractivity contribution is 0.0700. The summed E-state index contributed by atoms with van der Waals surface area (Å²) < 4.78 is 0. The number of thiazole rings is 1. The number of carboxylic acids is 1. The van der Waals surface area contributed by atoms with Gasteiger partial charge in [-0.3, -0.25) is 0 Å². The molecule has 1 fully saturated rings. The summed E-state index contributed by atoms with van der Waals surface area (Å²) in [4.78, 5) is 19.5. The molecule has 1 aromatic heterocycles. The molecule has 0 aliphatic heterocycles. The Bertz CT molecular complexity index is 459. The van der Waals surface area contributed by atoms with Gasteiger partial charge < -0.3 is 16.6 Å². The molecule has 0 saturated heterocycles. The molecule has 0 bridgehead atoms. The van der Waals surface area contributed by atoms with Gasteiger partial charge in [0, 0.05) is 5.92 Å². The third-order valence-electron chi connectivity index (χ3n) is 2.80. The van der Waals surface area contributed by atoms with Crippen LogP contribution in [0, 0.1) is 0 Å². The largest absolute Gasteiger partial charge is 0.477 e. The fraction of sp³-hybridized carbons (Fsp3) is 0.500. The summed E-state index contributed by atoms with van der Waals surface area (Å²) in [6.45, 7) is 0. The maximum atomic E-state index is 11.1. The molecule has 92 valence electrons. The topological polar surface area (TPSA) is 115 Å². The van der Waals surface area contributed by atoms with Crippen LogP contribution in [0.1, 0.15) is 47.0 Å². The number of hydrogen-bond donors (Lipinski definition) is 3. The number of aromatic nitrogens is 1. The lowest BCUT2D eigenvalue weighted by atomic mass is 10.0. The van der Waals surface area contributed by atoms with Gasteiger partial charge in [-0.25, -0.2) is 9.78 Å². The highest BCUT2D eigenvalue weighted by Gasteiger charge is 2.26. The minimum Gasteiger partial charge on any atom is -0.477 e. The summed E-state index contributed by atoms with van der Waals surface area (Å²) in [6, 6.07) is 0. The van der Waals surface area contributed by atoms with Crippen LogP contribution < -0.4 is 11.5 Å². The molecule has 1 aliphatic rings. The first-order valence-electron chi connectivity index (χ1n) is 5.41. The van der Waals surface area contributed by atoms with Crippen LogP contribution >= 0.6 is 11.3 Å². The van der Waals surface area contributed by atoms with Gasteiger partial charge in [-0.05, 0) is 12.8 Å². The molecular formula is C10H14N4O2S. The molecule has 0 amide bonds. The lowest BCUT2D eigenvalue weighted by Crippen LogP contribution is -2.21. The molecule has 0 unspecified atom stereocenters. The Morgan fingerprint density at radius 3 is 2.59 bits per heavy atom. The third kappa shape index (κ3) is 2.55. The normalized spacial score (nSPS) is 16.0. The first kappa shape index (κ1) is 11.8. The molecule has 6 nitrogen and oxygen atoms in total. The Morgan fingerprint density at radius 2 is 2.06 bits per heavy atom. The first-order valence-corrected chi connectivity index (χ1v) is 6.23. The average molecular weight is 254 g/mol. The number of rotatable bonds is 3. The number of aromatic carboxylic acids is 1. The van der Waals surface area contributed by atoms with E-state index in [2.05, 4.69) is 9.98 Å². The number of nitrogens with two attached hydrogens (primary N) is 2. The Balaban J connectivity index is 2.38. The molecule has 1 heterocycles. The second-order valence-electron chi connectivity index (χ2n) is 4.03. The van der Waals surface area contributed by atoms with Gasteiger partial charge >= 0.3 is 5.97 Å². The van der Waals surface area contributed by atoms with Crippen LogP contribution in [0.5, 0.6) is 0 Å². The predicted molar refractivity (Wildman–Crippen MR) is 65.8 cm³/mol. The zero-order valence-corrected chi connectivity index (χ0v) is 10.0. The summed E-state index contributed by atoms with van der Waals surface area (Å²) >= 11 is 1.02. The summed E-state index contributed by atoms with van der Waals surface area (Å²) in [6.07, 6.45) is 4.23. The van der Waals surface area contributed by atoms with E-state index in [1.807, 2.05) is 0 Å². The number of carbonyl (C=O) groups is 1. The van der Waals surface area contributed by atoms with Crippen molar-refractivity contribution in [1.29, 1.82) is 0 Å². The zero-order chi connectivity index (χ0) is 12.4. The minimum absolute atomic E-state index is 0.103. The molecule has 0 spiro atoms. The van der Waals surface area contributed by atoms with E-state index in [9.17, 15) is 4.79 Å². The van der Waals surface area contributed by atoms with E-state index < -0.39 is 5.97 Å².